The number of hydrogen-bond donors (Lipinski definition) is 1. The molecule has 1 N–H and O–H groups in total. The summed E-state index contributed by atoms with van der Waals surface area (Å²) in [5, 5.41) is 4.02. The molecule has 0 fully saturated rings. The maximum Gasteiger partial charge on any atom is 0.189 e. The molecule has 4 heteroatoms. The van der Waals surface area contributed by atoms with Crippen LogP contribution in [0.5, 0.6) is 0 Å². The van der Waals surface area contributed by atoms with Gasteiger partial charge in [0.05, 0.1) is 5.69 Å². The Bertz CT molecular complexity index is 325. The van der Waals surface area contributed by atoms with Gasteiger partial charge in [0.15, 0.2) is 5.16 Å². The highest BCUT2D eigenvalue weighted by Gasteiger charge is 2.17. The fourth-order valence-electron chi connectivity index (χ4n) is 1.71. The van der Waals surface area contributed by atoms with Gasteiger partial charge in [-0.1, -0.05) is 11.8 Å². The molecule has 0 radical (unpaired) electrons. The van der Waals surface area contributed by atoms with E-state index < -0.39 is 0 Å². The van der Waals surface area contributed by atoms with Crippen LogP contribution < -0.4 is 5.32 Å². The SMILES string of the molecule is CNc1nc(SC)nc2c1CCC2. The molecule has 0 amide bonds. The zero-order chi connectivity index (χ0) is 9.26. The minimum atomic E-state index is 0.880. The lowest BCUT2D eigenvalue weighted by molar-refractivity contribution is 0.878. The van der Waals surface area contributed by atoms with Crippen LogP contribution in [0.4, 0.5) is 5.82 Å². The monoisotopic (exact) mass is 195 g/mol. The highest BCUT2D eigenvalue weighted by Crippen LogP contribution is 2.27. The molecule has 13 heavy (non-hydrogen) atoms. The molecule has 0 unspecified atom stereocenters. The Morgan fingerprint density at radius 1 is 1.31 bits per heavy atom. The van der Waals surface area contributed by atoms with Crippen molar-refractivity contribution >= 4 is 17.6 Å². The van der Waals surface area contributed by atoms with Crippen molar-refractivity contribution in [1.82, 2.24) is 9.97 Å². The Morgan fingerprint density at radius 2 is 2.15 bits per heavy atom. The summed E-state index contributed by atoms with van der Waals surface area (Å²) in [5.74, 6) is 1.02. The minimum absolute atomic E-state index is 0.880. The van der Waals surface area contributed by atoms with Gasteiger partial charge >= 0.3 is 0 Å². The summed E-state index contributed by atoms with van der Waals surface area (Å²) >= 11 is 1.60. The van der Waals surface area contributed by atoms with E-state index in [1.165, 1.54) is 17.7 Å². The standard InChI is InChI=1S/C9H13N3S/c1-10-8-6-4-3-5-7(6)11-9(12-8)13-2/h3-5H2,1-2H3,(H,10,11,12). The second kappa shape index (κ2) is 3.54. The van der Waals surface area contributed by atoms with E-state index in [-0.39, 0.29) is 0 Å². The Kier molecular flexibility index (Phi) is 2.40. The van der Waals surface area contributed by atoms with Gasteiger partial charge < -0.3 is 5.32 Å². The van der Waals surface area contributed by atoms with Crippen molar-refractivity contribution in [3.8, 4) is 0 Å². The number of fused-ring (bicyclic) bond motifs is 1. The predicted molar refractivity (Wildman–Crippen MR) is 55.4 cm³/mol. The van der Waals surface area contributed by atoms with E-state index in [0.717, 1.165) is 23.8 Å². The number of nitrogens with one attached hydrogen (secondary N) is 1. The fraction of sp³-hybridized carbons (Fsp3) is 0.556. The van der Waals surface area contributed by atoms with Crippen molar-refractivity contribution in [2.75, 3.05) is 18.6 Å². The van der Waals surface area contributed by atoms with Gasteiger partial charge in [-0.25, -0.2) is 9.97 Å². The Hall–Kier alpha value is -0.770. The van der Waals surface area contributed by atoms with Crippen LogP contribution in [0.15, 0.2) is 5.16 Å². The van der Waals surface area contributed by atoms with Gasteiger partial charge in [0.2, 0.25) is 0 Å². The van der Waals surface area contributed by atoms with Crippen molar-refractivity contribution in [3.05, 3.63) is 11.3 Å². The molecule has 0 saturated carbocycles. The molecule has 1 aromatic rings. The van der Waals surface area contributed by atoms with E-state index in [0.29, 0.717) is 0 Å². The summed E-state index contributed by atoms with van der Waals surface area (Å²) in [6, 6.07) is 0. The van der Waals surface area contributed by atoms with Gasteiger partial charge in [0, 0.05) is 12.6 Å². The highest BCUT2D eigenvalue weighted by molar-refractivity contribution is 7.98. The smallest absolute Gasteiger partial charge is 0.189 e. The molecule has 0 aliphatic heterocycles. The Labute approximate surface area is 82.4 Å². The van der Waals surface area contributed by atoms with Gasteiger partial charge in [-0.2, -0.15) is 0 Å². The summed E-state index contributed by atoms with van der Waals surface area (Å²) in [6.07, 6.45) is 5.47. The van der Waals surface area contributed by atoms with E-state index >= 15 is 0 Å². The molecule has 0 bridgehead atoms. The molecule has 3 nitrogen and oxygen atoms in total. The second-order valence-corrected chi connectivity index (χ2v) is 3.86. The lowest BCUT2D eigenvalue weighted by Gasteiger charge is -2.07. The summed E-state index contributed by atoms with van der Waals surface area (Å²) < 4.78 is 0. The van der Waals surface area contributed by atoms with Crippen LogP contribution in [0.25, 0.3) is 0 Å². The lowest BCUT2D eigenvalue weighted by atomic mass is 10.2. The van der Waals surface area contributed by atoms with E-state index in [1.807, 2.05) is 13.3 Å². The molecular weight excluding hydrogens is 182 g/mol. The van der Waals surface area contributed by atoms with Crippen molar-refractivity contribution in [2.24, 2.45) is 0 Å². The maximum absolute atomic E-state index is 4.49. The maximum atomic E-state index is 4.49. The first-order chi connectivity index (χ1) is 6.35. The number of anilines is 1. The zero-order valence-corrected chi connectivity index (χ0v) is 8.74. The van der Waals surface area contributed by atoms with Gasteiger partial charge in [0.1, 0.15) is 5.82 Å². The molecule has 0 aromatic carbocycles. The Morgan fingerprint density at radius 3 is 2.85 bits per heavy atom. The van der Waals surface area contributed by atoms with Gasteiger partial charge in [0.25, 0.3) is 0 Å². The summed E-state index contributed by atoms with van der Waals surface area (Å²) in [6.45, 7) is 0. The molecule has 0 spiro atoms. The molecule has 0 saturated heterocycles. The summed E-state index contributed by atoms with van der Waals surface area (Å²) in [7, 11) is 1.92. The summed E-state index contributed by atoms with van der Waals surface area (Å²) in [5.41, 5.74) is 2.56. The first-order valence-electron chi connectivity index (χ1n) is 4.46. The topological polar surface area (TPSA) is 37.8 Å². The first-order valence-corrected chi connectivity index (χ1v) is 5.69. The number of hydrogen-bond acceptors (Lipinski definition) is 4. The lowest BCUT2D eigenvalue weighted by Crippen LogP contribution is -2.02. The third kappa shape index (κ3) is 1.50. The predicted octanol–water partition coefficient (Wildman–Crippen LogP) is 1.73. The molecule has 1 aromatic heterocycles. The minimum Gasteiger partial charge on any atom is -0.373 e. The largest absolute Gasteiger partial charge is 0.373 e. The van der Waals surface area contributed by atoms with Crippen LogP contribution in [0.2, 0.25) is 0 Å². The highest BCUT2D eigenvalue weighted by atomic mass is 32.2. The molecule has 0 atom stereocenters. The third-order valence-electron chi connectivity index (χ3n) is 2.33. The molecule has 1 heterocycles. The zero-order valence-electron chi connectivity index (χ0n) is 7.92. The summed E-state index contributed by atoms with van der Waals surface area (Å²) in [4.78, 5) is 8.91. The number of thioether (sulfide) groups is 1. The van der Waals surface area contributed by atoms with Gasteiger partial charge in [-0.3, -0.25) is 0 Å². The van der Waals surface area contributed by atoms with Crippen molar-refractivity contribution in [2.45, 2.75) is 24.4 Å². The first kappa shape index (κ1) is 8.81. The molecule has 1 aliphatic rings. The number of aryl methyl sites for hydroxylation is 1. The average Bonchev–Trinajstić information content (AvgIpc) is 2.63. The van der Waals surface area contributed by atoms with E-state index in [1.54, 1.807) is 11.8 Å². The van der Waals surface area contributed by atoms with Crippen LogP contribution in [0, 0.1) is 0 Å². The second-order valence-electron chi connectivity index (χ2n) is 3.09. The number of aromatic nitrogens is 2. The van der Waals surface area contributed by atoms with Gasteiger partial charge in [-0.15, -0.1) is 0 Å². The van der Waals surface area contributed by atoms with Crippen molar-refractivity contribution < 1.29 is 0 Å². The molecule has 1 aliphatic carbocycles. The van der Waals surface area contributed by atoms with Crippen molar-refractivity contribution in [1.29, 1.82) is 0 Å². The molecular formula is C9H13N3S. The van der Waals surface area contributed by atoms with Crippen LogP contribution >= 0.6 is 11.8 Å². The quantitative estimate of drug-likeness (QED) is 0.576. The van der Waals surface area contributed by atoms with E-state index in [4.69, 9.17) is 0 Å². The number of nitrogens with zero attached hydrogens (tertiary/aromatic N) is 2. The molecule has 70 valence electrons. The van der Waals surface area contributed by atoms with Crippen LogP contribution in [0.1, 0.15) is 17.7 Å². The number of rotatable bonds is 2. The fourth-order valence-corrected chi connectivity index (χ4v) is 2.09. The van der Waals surface area contributed by atoms with E-state index in [2.05, 4.69) is 15.3 Å². The Balaban J connectivity index is 2.49. The van der Waals surface area contributed by atoms with E-state index in [9.17, 15) is 0 Å². The van der Waals surface area contributed by atoms with Gasteiger partial charge in [-0.05, 0) is 25.5 Å². The normalized spacial score (nSPS) is 14.3. The third-order valence-corrected chi connectivity index (χ3v) is 2.88. The average molecular weight is 195 g/mol. The van der Waals surface area contributed by atoms with Crippen molar-refractivity contribution in [3.63, 3.8) is 0 Å². The van der Waals surface area contributed by atoms with Crippen LogP contribution in [0.3, 0.4) is 0 Å². The molecule has 2 rings (SSSR count). The van der Waals surface area contributed by atoms with Crippen LogP contribution in [-0.2, 0) is 12.8 Å². The van der Waals surface area contributed by atoms with Crippen LogP contribution in [-0.4, -0.2) is 23.3 Å².